The molecule has 1 aliphatic rings. The number of aliphatic hydroxyl groups is 2. The highest BCUT2D eigenvalue weighted by Crippen LogP contribution is 2.19. The Bertz CT molecular complexity index is 837. The number of rotatable bonds is 3. The SMILES string of the molecule is O=C(N[C@@H]1CCCC[C@@H](O)[C@@H]1O)c1ccc(=O)n(-c2ccc(F)cc2)n1. The Morgan fingerprint density at radius 1 is 1.12 bits per heavy atom. The van der Waals surface area contributed by atoms with E-state index in [9.17, 15) is 24.2 Å². The van der Waals surface area contributed by atoms with Crippen LogP contribution in [0, 0.1) is 5.82 Å². The van der Waals surface area contributed by atoms with E-state index in [-0.39, 0.29) is 5.69 Å². The highest BCUT2D eigenvalue weighted by atomic mass is 19.1. The standard InChI is InChI=1S/C18H20FN3O4/c19-11-5-7-12(8-6-11)22-16(24)10-9-14(21-22)18(26)20-13-3-1-2-4-15(23)17(13)25/h5-10,13,15,17,23,25H,1-4H2,(H,20,26)/t13-,15-,17-/m1/s1. The fourth-order valence-electron chi connectivity index (χ4n) is 3.03. The Kier molecular flexibility index (Phi) is 5.43. The van der Waals surface area contributed by atoms with E-state index in [1.54, 1.807) is 0 Å². The van der Waals surface area contributed by atoms with E-state index in [1.807, 2.05) is 0 Å². The molecule has 2 aromatic rings. The number of nitrogens with one attached hydrogen (secondary N) is 1. The quantitative estimate of drug-likeness (QED) is 0.701. The van der Waals surface area contributed by atoms with Crippen molar-refractivity contribution in [3.05, 3.63) is 58.3 Å². The van der Waals surface area contributed by atoms with Gasteiger partial charge in [-0.3, -0.25) is 9.59 Å². The predicted molar refractivity (Wildman–Crippen MR) is 91.5 cm³/mol. The lowest BCUT2D eigenvalue weighted by Crippen LogP contribution is -2.47. The first-order valence-corrected chi connectivity index (χ1v) is 8.49. The van der Waals surface area contributed by atoms with Crippen LogP contribution in [0.25, 0.3) is 5.69 Å². The molecule has 0 radical (unpaired) electrons. The Balaban J connectivity index is 1.82. The number of hydrogen-bond donors (Lipinski definition) is 3. The second-order valence-corrected chi connectivity index (χ2v) is 6.37. The Hall–Kier alpha value is -2.58. The third-order valence-corrected chi connectivity index (χ3v) is 4.49. The first-order valence-electron chi connectivity index (χ1n) is 8.49. The van der Waals surface area contributed by atoms with Gasteiger partial charge in [-0.15, -0.1) is 0 Å². The Morgan fingerprint density at radius 2 is 1.81 bits per heavy atom. The fourth-order valence-corrected chi connectivity index (χ4v) is 3.03. The molecule has 3 atom stereocenters. The minimum absolute atomic E-state index is 0.0140. The van der Waals surface area contributed by atoms with Crippen LogP contribution in [-0.4, -0.2) is 44.2 Å². The van der Waals surface area contributed by atoms with Gasteiger partial charge in [0.25, 0.3) is 11.5 Å². The van der Waals surface area contributed by atoms with Crippen molar-refractivity contribution in [2.24, 2.45) is 0 Å². The molecule has 1 amide bonds. The number of hydrogen-bond acceptors (Lipinski definition) is 5. The van der Waals surface area contributed by atoms with Crippen LogP contribution in [0.5, 0.6) is 0 Å². The number of benzene rings is 1. The molecule has 1 aromatic heterocycles. The number of amides is 1. The van der Waals surface area contributed by atoms with E-state index < -0.39 is 35.5 Å². The zero-order valence-electron chi connectivity index (χ0n) is 14.0. The van der Waals surface area contributed by atoms with Gasteiger partial charge in [0.05, 0.1) is 23.9 Å². The van der Waals surface area contributed by atoms with E-state index in [4.69, 9.17) is 0 Å². The molecule has 0 saturated heterocycles. The van der Waals surface area contributed by atoms with E-state index in [2.05, 4.69) is 10.4 Å². The zero-order chi connectivity index (χ0) is 18.7. The Morgan fingerprint density at radius 3 is 2.54 bits per heavy atom. The summed E-state index contributed by atoms with van der Waals surface area (Å²) in [6, 6.07) is 7.06. The van der Waals surface area contributed by atoms with E-state index in [1.165, 1.54) is 36.4 Å². The van der Waals surface area contributed by atoms with Crippen molar-refractivity contribution in [3.63, 3.8) is 0 Å². The van der Waals surface area contributed by atoms with Gasteiger partial charge < -0.3 is 15.5 Å². The summed E-state index contributed by atoms with van der Waals surface area (Å²) in [6.45, 7) is 0. The van der Waals surface area contributed by atoms with Crippen LogP contribution >= 0.6 is 0 Å². The Labute approximate surface area is 149 Å². The molecule has 138 valence electrons. The van der Waals surface area contributed by atoms with Gasteiger partial charge in [-0.25, -0.2) is 4.39 Å². The summed E-state index contributed by atoms with van der Waals surface area (Å²) in [5, 5.41) is 26.7. The highest BCUT2D eigenvalue weighted by Gasteiger charge is 2.30. The second-order valence-electron chi connectivity index (χ2n) is 6.37. The first-order chi connectivity index (χ1) is 12.5. The van der Waals surface area contributed by atoms with Crippen molar-refractivity contribution in [1.29, 1.82) is 0 Å². The largest absolute Gasteiger partial charge is 0.390 e. The molecule has 0 bridgehead atoms. The van der Waals surface area contributed by atoms with Crippen molar-refractivity contribution in [2.45, 2.75) is 43.9 Å². The van der Waals surface area contributed by atoms with Gasteiger partial charge in [-0.05, 0) is 43.2 Å². The molecule has 1 saturated carbocycles. The molecule has 0 aliphatic heterocycles. The summed E-state index contributed by atoms with van der Waals surface area (Å²) in [5.74, 6) is -1.00. The van der Waals surface area contributed by atoms with Crippen molar-refractivity contribution < 1.29 is 19.4 Å². The fraction of sp³-hybridized carbons (Fsp3) is 0.389. The molecular weight excluding hydrogens is 341 g/mol. The lowest BCUT2D eigenvalue weighted by Gasteiger charge is -2.24. The predicted octanol–water partition coefficient (Wildman–Crippen LogP) is 0.766. The van der Waals surface area contributed by atoms with Gasteiger partial charge in [-0.1, -0.05) is 12.8 Å². The average Bonchev–Trinajstić information content (AvgIpc) is 2.78. The van der Waals surface area contributed by atoms with Crippen molar-refractivity contribution in [1.82, 2.24) is 15.1 Å². The normalized spacial score (nSPS) is 23.3. The maximum Gasteiger partial charge on any atom is 0.272 e. The molecule has 1 aliphatic carbocycles. The number of nitrogens with zero attached hydrogens (tertiary/aromatic N) is 2. The average molecular weight is 361 g/mol. The topological polar surface area (TPSA) is 104 Å². The minimum Gasteiger partial charge on any atom is -0.390 e. The summed E-state index contributed by atoms with van der Waals surface area (Å²) in [4.78, 5) is 24.5. The molecule has 1 fully saturated rings. The summed E-state index contributed by atoms with van der Waals surface area (Å²) in [7, 11) is 0. The van der Waals surface area contributed by atoms with Crippen LogP contribution in [0.2, 0.25) is 0 Å². The lowest BCUT2D eigenvalue weighted by atomic mass is 10.0. The summed E-state index contributed by atoms with van der Waals surface area (Å²) in [6.07, 6.45) is 0.649. The number of carbonyl (C=O) groups is 1. The van der Waals surface area contributed by atoms with Gasteiger partial charge in [0.1, 0.15) is 11.5 Å². The maximum atomic E-state index is 13.1. The molecule has 1 heterocycles. The molecule has 8 heteroatoms. The van der Waals surface area contributed by atoms with Crippen LogP contribution in [0.15, 0.2) is 41.2 Å². The first kappa shape index (κ1) is 18.2. The van der Waals surface area contributed by atoms with Gasteiger partial charge in [0, 0.05) is 6.07 Å². The van der Waals surface area contributed by atoms with Gasteiger partial charge in [0.2, 0.25) is 0 Å². The lowest BCUT2D eigenvalue weighted by molar-refractivity contribution is -0.00130. The van der Waals surface area contributed by atoms with Gasteiger partial charge in [-0.2, -0.15) is 9.78 Å². The summed E-state index contributed by atoms with van der Waals surface area (Å²) < 4.78 is 14.1. The molecule has 3 N–H and O–H groups in total. The molecule has 3 rings (SSSR count). The van der Waals surface area contributed by atoms with Gasteiger partial charge >= 0.3 is 0 Å². The van der Waals surface area contributed by atoms with Crippen LogP contribution in [0.4, 0.5) is 4.39 Å². The van der Waals surface area contributed by atoms with Crippen molar-refractivity contribution in [3.8, 4) is 5.69 Å². The van der Waals surface area contributed by atoms with E-state index in [0.29, 0.717) is 18.5 Å². The molecule has 1 aromatic carbocycles. The second kappa shape index (κ2) is 7.76. The third-order valence-electron chi connectivity index (χ3n) is 4.49. The highest BCUT2D eigenvalue weighted by molar-refractivity contribution is 5.92. The molecule has 0 spiro atoms. The number of halogens is 1. The molecule has 26 heavy (non-hydrogen) atoms. The molecular formula is C18H20FN3O4. The van der Waals surface area contributed by atoms with Crippen molar-refractivity contribution in [2.75, 3.05) is 0 Å². The number of aromatic nitrogens is 2. The number of aliphatic hydroxyl groups excluding tert-OH is 2. The summed E-state index contributed by atoms with van der Waals surface area (Å²) >= 11 is 0. The minimum atomic E-state index is -1.05. The van der Waals surface area contributed by atoms with Crippen molar-refractivity contribution >= 4 is 5.91 Å². The molecule has 7 nitrogen and oxygen atoms in total. The van der Waals surface area contributed by atoms with Crippen LogP contribution in [-0.2, 0) is 0 Å². The smallest absolute Gasteiger partial charge is 0.272 e. The zero-order valence-corrected chi connectivity index (χ0v) is 14.0. The third kappa shape index (κ3) is 3.97. The van der Waals surface area contributed by atoms with Gasteiger partial charge in [0.15, 0.2) is 0 Å². The number of carbonyl (C=O) groups excluding carboxylic acids is 1. The molecule has 0 unspecified atom stereocenters. The van der Waals surface area contributed by atoms with Crippen LogP contribution < -0.4 is 10.9 Å². The summed E-state index contributed by atoms with van der Waals surface area (Å²) in [5.41, 5.74) is -0.145. The monoisotopic (exact) mass is 361 g/mol. The van der Waals surface area contributed by atoms with E-state index >= 15 is 0 Å². The maximum absolute atomic E-state index is 13.1. The van der Waals surface area contributed by atoms with E-state index in [0.717, 1.165) is 17.5 Å². The van der Waals surface area contributed by atoms with Crippen LogP contribution in [0.1, 0.15) is 36.2 Å². The van der Waals surface area contributed by atoms with Crippen LogP contribution in [0.3, 0.4) is 0 Å².